The number of anilines is 1. The molecule has 3 nitrogen and oxygen atoms in total. The number of benzene rings is 3. The van der Waals surface area contributed by atoms with Gasteiger partial charge in [-0.3, -0.25) is 0 Å². The Bertz CT molecular complexity index is 1490. The van der Waals surface area contributed by atoms with Crippen LogP contribution in [0.25, 0.3) is 10.2 Å². The second kappa shape index (κ2) is 9.64. The van der Waals surface area contributed by atoms with Crippen molar-refractivity contribution < 1.29 is 4.39 Å². The van der Waals surface area contributed by atoms with Gasteiger partial charge in [-0.05, 0) is 40.8 Å². The fraction of sp³-hybridized carbons (Fsp3) is 0.143. The maximum atomic E-state index is 13.6. The average Bonchev–Trinajstić information content (AvgIpc) is 3.27. The van der Waals surface area contributed by atoms with E-state index in [4.69, 9.17) is 10.7 Å². The predicted octanol–water partition coefficient (Wildman–Crippen LogP) is 7.82. The van der Waals surface area contributed by atoms with E-state index in [1.807, 2.05) is 17.8 Å². The van der Waals surface area contributed by atoms with Crippen molar-refractivity contribution in [3.63, 3.8) is 0 Å². The third kappa shape index (κ3) is 4.56. The van der Waals surface area contributed by atoms with E-state index in [1.54, 1.807) is 23.5 Å². The summed E-state index contributed by atoms with van der Waals surface area (Å²) in [6.45, 7) is 0. The lowest BCUT2D eigenvalue weighted by atomic mass is 9.98. The number of nitrogens with zero attached hydrogens (tertiary/aromatic N) is 2. The molecule has 5 aromatic rings. The molecule has 1 aliphatic rings. The van der Waals surface area contributed by atoms with Crippen molar-refractivity contribution in [3.8, 4) is 0 Å². The van der Waals surface area contributed by atoms with E-state index in [2.05, 4.69) is 65.6 Å². The van der Waals surface area contributed by atoms with Gasteiger partial charge < -0.3 is 5.73 Å². The Balaban J connectivity index is 1.40. The van der Waals surface area contributed by atoms with Crippen molar-refractivity contribution in [2.24, 2.45) is 0 Å². The molecule has 6 rings (SSSR count). The number of nitrogen functional groups attached to an aromatic ring is 1. The maximum Gasteiger partial charge on any atom is 0.191 e. The zero-order valence-corrected chi connectivity index (χ0v) is 21.2. The summed E-state index contributed by atoms with van der Waals surface area (Å²) in [6.07, 6.45) is 0.899. The first kappa shape index (κ1) is 22.6. The Morgan fingerprint density at radius 3 is 2.40 bits per heavy atom. The number of thiophene rings is 1. The van der Waals surface area contributed by atoms with E-state index in [9.17, 15) is 4.39 Å². The van der Waals surface area contributed by atoms with Gasteiger partial charge in [0.15, 0.2) is 5.16 Å². The predicted molar refractivity (Wildman–Crippen MR) is 147 cm³/mol. The molecule has 2 aromatic heterocycles. The maximum absolute atomic E-state index is 13.6. The van der Waals surface area contributed by atoms with Gasteiger partial charge in [0.05, 0.1) is 10.6 Å². The van der Waals surface area contributed by atoms with Crippen LogP contribution in [0.3, 0.4) is 0 Å². The van der Waals surface area contributed by atoms with Crippen molar-refractivity contribution in [1.82, 2.24) is 9.97 Å². The van der Waals surface area contributed by atoms with Crippen molar-refractivity contribution in [3.05, 3.63) is 118 Å². The van der Waals surface area contributed by atoms with Gasteiger partial charge in [-0.25, -0.2) is 14.4 Å². The highest BCUT2D eigenvalue weighted by Crippen LogP contribution is 2.55. The number of hydrogen-bond donors (Lipinski definition) is 1. The smallest absolute Gasteiger partial charge is 0.191 e. The number of thioether (sulfide) groups is 2. The molecule has 2 N–H and O–H groups in total. The second-order valence-corrected chi connectivity index (χ2v) is 11.8. The molecule has 0 fully saturated rings. The highest BCUT2D eigenvalue weighted by molar-refractivity contribution is 8.00. The summed E-state index contributed by atoms with van der Waals surface area (Å²) < 4.78 is 13.6. The van der Waals surface area contributed by atoms with Crippen LogP contribution in [0.5, 0.6) is 0 Å². The van der Waals surface area contributed by atoms with Gasteiger partial charge in [0.25, 0.3) is 0 Å². The lowest BCUT2D eigenvalue weighted by molar-refractivity contribution is 0.626. The van der Waals surface area contributed by atoms with E-state index < -0.39 is 0 Å². The van der Waals surface area contributed by atoms with Crippen LogP contribution in [0.1, 0.15) is 37.6 Å². The summed E-state index contributed by atoms with van der Waals surface area (Å²) >= 11 is 5.21. The number of fused-ring (bicyclic) bond motifs is 3. The molecule has 0 bridgehead atoms. The van der Waals surface area contributed by atoms with Crippen LogP contribution in [0.2, 0.25) is 0 Å². The molecule has 0 aliphatic carbocycles. The van der Waals surface area contributed by atoms with Crippen molar-refractivity contribution in [2.75, 3.05) is 5.73 Å². The molecule has 0 saturated carbocycles. The highest BCUT2D eigenvalue weighted by Gasteiger charge is 2.34. The van der Waals surface area contributed by atoms with Gasteiger partial charge in [0, 0.05) is 15.9 Å². The van der Waals surface area contributed by atoms with Gasteiger partial charge in [-0.2, -0.15) is 0 Å². The molecule has 3 aromatic carbocycles. The van der Waals surface area contributed by atoms with E-state index in [-0.39, 0.29) is 11.1 Å². The van der Waals surface area contributed by atoms with Gasteiger partial charge in [0.2, 0.25) is 0 Å². The second-order valence-electron chi connectivity index (χ2n) is 8.47. The van der Waals surface area contributed by atoms with Crippen LogP contribution < -0.4 is 5.73 Å². The van der Waals surface area contributed by atoms with Crippen LogP contribution in [-0.2, 0) is 12.2 Å². The summed E-state index contributed by atoms with van der Waals surface area (Å²) in [5.41, 5.74) is 11.3. The standard InChI is InChI=1S/C28H22FN3S3/c29-20-13-7-8-17(14-20)16-33-28-31-26(30)23-21-15-22(18-9-3-1-4-10-18)34-24(19-11-5-2-6-12-19)25(21)35-27(23)32-28/h1-14,22,24H,15-16H2,(H2,30,31,32)/t22-,24-/m0/s1. The first-order valence-corrected chi connectivity index (χ1v) is 14.1. The molecule has 0 amide bonds. The normalized spacial score (nSPS) is 17.4. The number of halogens is 1. The van der Waals surface area contributed by atoms with E-state index in [1.165, 1.54) is 39.4 Å². The van der Waals surface area contributed by atoms with Gasteiger partial charge >= 0.3 is 0 Å². The lowest BCUT2D eigenvalue weighted by Crippen LogP contribution is -2.12. The monoisotopic (exact) mass is 515 g/mol. The summed E-state index contributed by atoms with van der Waals surface area (Å²) in [4.78, 5) is 11.8. The van der Waals surface area contributed by atoms with E-state index >= 15 is 0 Å². The van der Waals surface area contributed by atoms with Crippen LogP contribution in [0.15, 0.2) is 90.1 Å². The van der Waals surface area contributed by atoms with Crippen LogP contribution >= 0.6 is 34.9 Å². The number of nitrogens with two attached hydrogens (primary N) is 1. The average molecular weight is 516 g/mol. The third-order valence-electron chi connectivity index (χ3n) is 6.15. The Hall–Kier alpha value is -2.87. The fourth-order valence-electron chi connectivity index (χ4n) is 4.52. The molecule has 0 unspecified atom stereocenters. The molecule has 2 atom stereocenters. The third-order valence-corrected chi connectivity index (χ3v) is 9.95. The number of rotatable bonds is 5. The molecule has 3 heterocycles. The Morgan fingerprint density at radius 2 is 1.66 bits per heavy atom. The first-order valence-electron chi connectivity index (χ1n) is 11.4. The molecule has 0 radical (unpaired) electrons. The molecule has 174 valence electrons. The molecule has 35 heavy (non-hydrogen) atoms. The number of aromatic nitrogens is 2. The van der Waals surface area contributed by atoms with E-state index in [0.717, 1.165) is 22.2 Å². The minimum Gasteiger partial charge on any atom is -0.383 e. The quantitative estimate of drug-likeness (QED) is 0.191. The SMILES string of the molecule is Nc1nc(SCc2cccc(F)c2)nc2sc3c(c12)C[C@@H](c1ccccc1)S[C@H]3c1ccccc1. The van der Waals surface area contributed by atoms with Gasteiger partial charge in [-0.15, -0.1) is 23.1 Å². The zero-order valence-electron chi connectivity index (χ0n) is 18.7. The molecule has 0 spiro atoms. The Kier molecular flexibility index (Phi) is 6.22. The fourth-order valence-corrected chi connectivity index (χ4v) is 8.39. The Morgan fingerprint density at radius 1 is 0.914 bits per heavy atom. The topological polar surface area (TPSA) is 51.8 Å². The Labute approximate surface area is 216 Å². The van der Waals surface area contributed by atoms with Crippen molar-refractivity contribution in [1.29, 1.82) is 0 Å². The van der Waals surface area contributed by atoms with Crippen LogP contribution in [0.4, 0.5) is 10.2 Å². The van der Waals surface area contributed by atoms with Gasteiger partial charge in [0.1, 0.15) is 16.5 Å². The minimum absolute atomic E-state index is 0.215. The van der Waals surface area contributed by atoms with Crippen LogP contribution in [0, 0.1) is 5.82 Å². The molecular formula is C28H22FN3S3. The zero-order chi connectivity index (χ0) is 23.8. The first-order chi connectivity index (χ1) is 17.2. The van der Waals surface area contributed by atoms with Crippen molar-refractivity contribution >= 4 is 50.9 Å². The summed E-state index contributed by atoms with van der Waals surface area (Å²) in [5, 5.41) is 2.16. The number of hydrogen-bond acceptors (Lipinski definition) is 6. The highest BCUT2D eigenvalue weighted by atomic mass is 32.2. The summed E-state index contributed by atoms with van der Waals surface area (Å²) in [5.74, 6) is 0.883. The molecule has 1 aliphatic heterocycles. The van der Waals surface area contributed by atoms with Crippen LogP contribution in [-0.4, -0.2) is 9.97 Å². The lowest BCUT2D eigenvalue weighted by Gasteiger charge is -2.30. The van der Waals surface area contributed by atoms with E-state index in [0.29, 0.717) is 22.0 Å². The molecule has 7 heteroatoms. The minimum atomic E-state index is -0.234. The van der Waals surface area contributed by atoms with Crippen molar-refractivity contribution in [2.45, 2.75) is 27.8 Å². The summed E-state index contributed by atoms with van der Waals surface area (Å²) in [6, 6.07) is 28.0. The molecule has 0 saturated heterocycles. The van der Waals surface area contributed by atoms with Gasteiger partial charge in [-0.1, -0.05) is 84.6 Å². The molecular weight excluding hydrogens is 494 g/mol. The largest absolute Gasteiger partial charge is 0.383 e. The summed E-state index contributed by atoms with van der Waals surface area (Å²) in [7, 11) is 0.